The quantitative estimate of drug-likeness (QED) is 0.663. The van der Waals surface area contributed by atoms with Crippen molar-refractivity contribution in [2.24, 2.45) is 0 Å². The summed E-state index contributed by atoms with van der Waals surface area (Å²) in [5.41, 5.74) is 0.812. The van der Waals surface area contributed by atoms with Gasteiger partial charge in [-0.2, -0.15) is 0 Å². The van der Waals surface area contributed by atoms with Gasteiger partial charge in [0.25, 0.3) is 0 Å². The van der Waals surface area contributed by atoms with E-state index in [1.54, 1.807) is 4.90 Å². The largest absolute Gasteiger partial charge is 0.339 e. The molecule has 0 aromatic heterocycles. The third-order valence-corrected chi connectivity index (χ3v) is 3.74. The fraction of sp³-hybridized carbons (Fsp3) is 0.412. The Morgan fingerprint density at radius 2 is 2.00 bits per heavy atom. The van der Waals surface area contributed by atoms with Crippen molar-refractivity contribution < 1.29 is 9.59 Å². The number of hydrogen-bond donors (Lipinski definition) is 1. The maximum Gasteiger partial charge on any atom is 0.250 e. The van der Waals surface area contributed by atoms with E-state index in [-0.39, 0.29) is 11.8 Å². The van der Waals surface area contributed by atoms with Crippen LogP contribution in [-0.4, -0.2) is 29.3 Å². The van der Waals surface area contributed by atoms with Gasteiger partial charge in [-0.1, -0.05) is 37.3 Å². The Bertz CT molecular complexity index is 548. The predicted molar refractivity (Wildman–Crippen MR) is 81.2 cm³/mol. The van der Waals surface area contributed by atoms with Crippen molar-refractivity contribution in [3.8, 4) is 12.3 Å². The van der Waals surface area contributed by atoms with Crippen LogP contribution in [0.25, 0.3) is 0 Å². The van der Waals surface area contributed by atoms with Gasteiger partial charge in [0.05, 0.1) is 0 Å². The molecule has 1 aliphatic rings. The molecule has 21 heavy (non-hydrogen) atoms. The fourth-order valence-corrected chi connectivity index (χ4v) is 2.66. The molecule has 2 rings (SSSR count). The standard InChI is InChI=1S/C17H20N2O2/c1-3-5-9-12-19-14(4-2)16(20)18-15(17(19)21)13-10-7-6-8-11-13/h1,6-8,10-11,14-15H,4-5,9,12H2,2H3,(H,18,20). The first-order chi connectivity index (χ1) is 10.2. The van der Waals surface area contributed by atoms with E-state index in [0.29, 0.717) is 25.8 Å². The maximum atomic E-state index is 12.7. The molecule has 1 aromatic rings. The minimum absolute atomic E-state index is 0.0512. The highest BCUT2D eigenvalue weighted by Crippen LogP contribution is 2.23. The second kappa shape index (κ2) is 6.94. The minimum atomic E-state index is -0.590. The minimum Gasteiger partial charge on any atom is -0.339 e. The fourth-order valence-electron chi connectivity index (χ4n) is 2.66. The van der Waals surface area contributed by atoms with Crippen LogP contribution in [0.5, 0.6) is 0 Å². The molecule has 4 heteroatoms. The van der Waals surface area contributed by atoms with Crippen LogP contribution in [0.3, 0.4) is 0 Å². The number of terminal acetylenes is 1. The number of amides is 2. The first-order valence-corrected chi connectivity index (χ1v) is 7.28. The number of piperazine rings is 1. The SMILES string of the molecule is C#CCCCN1C(=O)C(c2ccccc2)NC(=O)C1CC. The van der Waals surface area contributed by atoms with Crippen molar-refractivity contribution in [3.63, 3.8) is 0 Å². The smallest absolute Gasteiger partial charge is 0.250 e. The molecule has 0 radical (unpaired) electrons. The number of benzene rings is 1. The van der Waals surface area contributed by atoms with Crippen molar-refractivity contribution in [3.05, 3.63) is 35.9 Å². The number of nitrogens with zero attached hydrogens (tertiary/aromatic N) is 1. The summed E-state index contributed by atoms with van der Waals surface area (Å²) < 4.78 is 0. The highest BCUT2D eigenvalue weighted by atomic mass is 16.2. The zero-order valence-corrected chi connectivity index (χ0v) is 12.2. The van der Waals surface area contributed by atoms with Crippen LogP contribution in [0.2, 0.25) is 0 Å². The van der Waals surface area contributed by atoms with Crippen molar-refractivity contribution in [2.75, 3.05) is 6.54 Å². The van der Waals surface area contributed by atoms with E-state index in [4.69, 9.17) is 6.42 Å². The van der Waals surface area contributed by atoms with Crippen LogP contribution >= 0.6 is 0 Å². The molecule has 0 bridgehead atoms. The highest BCUT2D eigenvalue weighted by molar-refractivity contribution is 5.97. The summed E-state index contributed by atoms with van der Waals surface area (Å²) in [6.07, 6.45) is 7.19. The molecule has 0 spiro atoms. The maximum absolute atomic E-state index is 12.7. The van der Waals surface area contributed by atoms with Crippen molar-refractivity contribution in [1.82, 2.24) is 10.2 Å². The van der Waals surface area contributed by atoms with Gasteiger partial charge in [-0.05, 0) is 18.4 Å². The van der Waals surface area contributed by atoms with E-state index < -0.39 is 12.1 Å². The third kappa shape index (κ3) is 3.25. The highest BCUT2D eigenvalue weighted by Gasteiger charge is 2.39. The van der Waals surface area contributed by atoms with E-state index in [9.17, 15) is 9.59 Å². The molecule has 2 unspecified atom stereocenters. The zero-order valence-electron chi connectivity index (χ0n) is 12.2. The van der Waals surface area contributed by atoms with Gasteiger partial charge >= 0.3 is 0 Å². The normalized spacial score (nSPS) is 21.8. The number of unbranched alkanes of at least 4 members (excludes halogenated alkanes) is 1. The van der Waals surface area contributed by atoms with Crippen LogP contribution in [0.4, 0.5) is 0 Å². The average Bonchev–Trinajstić information content (AvgIpc) is 2.51. The van der Waals surface area contributed by atoms with Gasteiger partial charge in [0.2, 0.25) is 11.8 Å². The van der Waals surface area contributed by atoms with Crippen LogP contribution in [0.15, 0.2) is 30.3 Å². The summed E-state index contributed by atoms with van der Waals surface area (Å²) in [6.45, 7) is 2.44. The molecule has 1 heterocycles. The van der Waals surface area contributed by atoms with E-state index in [1.807, 2.05) is 37.3 Å². The van der Waals surface area contributed by atoms with Gasteiger partial charge in [0, 0.05) is 13.0 Å². The van der Waals surface area contributed by atoms with Gasteiger partial charge in [-0.15, -0.1) is 12.3 Å². The molecule has 1 saturated heterocycles. The number of hydrogen-bond acceptors (Lipinski definition) is 2. The molecular formula is C17H20N2O2. The van der Waals surface area contributed by atoms with E-state index in [1.165, 1.54) is 0 Å². The van der Waals surface area contributed by atoms with Gasteiger partial charge in [0.15, 0.2) is 0 Å². The number of rotatable bonds is 5. The molecule has 1 aromatic carbocycles. The van der Waals surface area contributed by atoms with Crippen molar-refractivity contribution in [2.45, 2.75) is 38.3 Å². The Balaban J connectivity index is 2.21. The second-order valence-corrected chi connectivity index (χ2v) is 5.12. The van der Waals surface area contributed by atoms with Gasteiger partial charge in [-0.25, -0.2) is 0 Å². The third-order valence-electron chi connectivity index (χ3n) is 3.74. The Labute approximate surface area is 125 Å². The van der Waals surface area contributed by atoms with Gasteiger partial charge in [-0.3, -0.25) is 9.59 Å². The van der Waals surface area contributed by atoms with Crippen LogP contribution in [0.1, 0.15) is 37.8 Å². The Morgan fingerprint density at radius 3 is 2.62 bits per heavy atom. The number of nitrogens with one attached hydrogen (secondary N) is 1. The van der Waals surface area contributed by atoms with Crippen LogP contribution in [-0.2, 0) is 9.59 Å². The van der Waals surface area contributed by atoms with Crippen molar-refractivity contribution >= 4 is 11.8 Å². The van der Waals surface area contributed by atoms with Crippen molar-refractivity contribution in [1.29, 1.82) is 0 Å². The molecule has 0 aliphatic carbocycles. The number of carbonyl (C=O) groups is 2. The Morgan fingerprint density at radius 1 is 1.29 bits per heavy atom. The molecule has 2 atom stereocenters. The molecule has 1 aliphatic heterocycles. The lowest BCUT2D eigenvalue weighted by Crippen LogP contribution is -2.59. The summed E-state index contributed by atoms with van der Waals surface area (Å²) in [6, 6.07) is 8.34. The van der Waals surface area contributed by atoms with E-state index in [0.717, 1.165) is 5.56 Å². The lowest BCUT2D eigenvalue weighted by Gasteiger charge is -2.38. The summed E-state index contributed by atoms with van der Waals surface area (Å²) >= 11 is 0. The van der Waals surface area contributed by atoms with E-state index >= 15 is 0 Å². The molecule has 2 amide bonds. The molecule has 4 nitrogen and oxygen atoms in total. The van der Waals surface area contributed by atoms with Crippen LogP contribution < -0.4 is 5.32 Å². The first-order valence-electron chi connectivity index (χ1n) is 7.28. The first kappa shape index (κ1) is 15.1. The summed E-state index contributed by atoms with van der Waals surface area (Å²) in [4.78, 5) is 26.6. The average molecular weight is 284 g/mol. The number of carbonyl (C=O) groups excluding carboxylic acids is 2. The topological polar surface area (TPSA) is 49.4 Å². The molecular weight excluding hydrogens is 264 g/mol. The second-order valence-electron chi connectivity index (χ2n) is 5.12. The summed E-state index contributed by atoms with van der Waals surface area (Å²) in [5.74, 6) is 2.43. The molecule has 0 saturated carbocycles. The monoisotopic (exact) mass is 284 g/mol. The lowest BCUT2D eigenvalue weighted by atomic mass is 9.99. The Hall–Kier alpha value is -2.28. The van der Waals surface area contributed by atoms with Crippen LogP contribution in [0, 0.1) is 12.3 Å². The Kier molecular flexibility index (Phi) is 4.99. The predicted octanol–water partition coefficient (Wildman–Crippen LogP) is 1.88. The van der Waals surface area contributed by atoms with Gasteiger partial charge < -0.3 is 10.2 Å². The molecule has 1 N–H and O–H groups in total. The van der Waals surface area contributed by atoms with E-state index in [2.05, 4.69) is 11.2 Å². The summed E-state index contributed by atoms with van der Waals surface area (Å²) in [5, 5.41) is 2.83. The molecule has 110 valence electrons. The zero-order chi connectivity index (χ0) is 15.2. The van der Waals surface area contributed by atoms with Gasteiger partial charge in [0.1, 0.15) is 12.1 Å². The summed E-state index contributed by atoms with van der Waals surface area (Å²) in [7, 11) is 0. The lowest BCUT2D eigenvalue weighted by molar-refractivity contribution is -0.149. The molecule has 1 fully saturated rings.